The highest BCUT2D eigenvalue weighted by atomic mass is 79.9. The normalized spacial score (nSPS) is 13.9. The summed E-state index contributed by atoms with van der Waals surface area (Å²) >= 11 is 3.34. The molecule has 0 heterocycles. The van der Waals surface area contributed by atoms with E-state index in [-0.39, 0.29) is 12.0 Å². The third-order valence-electron chi connectivity index (χ3n) is 3.07. The maximum absolute atomic E-state index is 12.2. The molecule has 0 saturated heterocycles. The van der Waals surface area contributed by atoms with Crippen molar-refractivity contribution in [1.82, 2.24) is 4.72 Å². The van der Waals surface area contributed by atoms with Crippen molar-refractivity contribution in [2.24, 2.45) is 5.92 Å². The molecule has 1 unspecified atom stereocenters. The summed E-state index contributed by atoms with van der Waals surface area (Å²) in [5.41, 5.74) is 2.08. The SMILES string of the molecule is Cc1ccc(S(=O)(=O)NC(CBr)C(C)C)cc1C. The minimum absolute atomic E-state index is 0.100. The van der Waals surface area contributed by atoms with Crippen LogP contribution in [-0.2, 0) is 10.0 Å². The van der Waals surface area contributed by atoms with E-state index in [0.29, 0.717) is 10.2 Å². The van der Waals surface area contributed by atoms with E-state index in [1.807, 2.05) is 33.8 Å². The first-order valence-electron chi connectivity index (χ1n) is 5.93. The fourth-order valence-electron chi connectivity index (χ4n) is 1.49. The lowest BCUT2D eigenvalue weighted by atomic mass is 10.1. The third kappa shape index (κ3) is 3.80. The van der Waals surface area contributed by atoms with Gasteiger partial charge in [-0.2, -0.15) is 0 Å². The van der Waals surface area contributed by atoms with Crippen molar-refractivity contribution < 1.29 is 8.42 Å². The van der Waals surface area contributed by atoms with E-state index >= 15 is 0 Å². The zero-order valence-corrected chi connectivity index (χ0v) is 13.6. The van der Waals surface area contributed by atoms with Crippen LogP contribution in [0.15, 0.2) is 23.1 Å². The summed E-state index contributed by atoms with van der Waals surface area (Å²) in [7, 11) is -3.44. The van der Waals surface area contributed by atoms with Crippen molar-refractivity contribution in [3.05, 3.63) is 29.3 Å². The van der Waals surface area contributed by atoms with Crippen molar-refractivity contribution in [1.29, 1.82) is 0 Å². The van der Waals surface area contributed by atoms with E-state index in [0.717, 1.165) is 11.1 Å². The molecule has 102 valence electrons. The summed E-state index contributed by atoms with van der Waals surface area (Å²) in [6.45, 7) is 7.87. The van der Waals surface area contributed by atoms with Gasteiger partial charge in [-0.05, 0) is 43.0 Å². The standard InChI is InChI=1S/C13H20BrNO2S/c1-9(2)13(8-14)15-18(16,17)12-6-5-10(3)11(4)7-12/h5-7,9,13,15H,8H2,1-4H3. The first kappa shape index (κ1) is 15.7. The lowest BCUT2D eigenvalue weighted by Gasteiger charge is -2.20. The van der Waals surface area contributed by atoms with Crippen molar-refractivity contribution in [3.8, 4) is 0 Å². The number of alkyl halides is 1. The van der Waals surface area contributed by atoms with Crippen LogP contribution in [0.3, 0.4) is 0 Å². The Morgan fingerprint density at radius 2 is 1.83 bits per heavy atom. The van der Waals surface area contributed by atoms with Crippen LogP contribution in [0.1, 0.15) is 25.0 Å². The molecular formula is C13H20BrNO2S. The average Bonchev–Trinajstić information content (AvgIpc) is 2.29. The van der Waals surface area contributed by atoms with Gasteiger partial charge in [-0.25, -0.2) is 13.1 Å². The fraction of sp³-hybridized carbons (Fsp3) is 0.538. The van der Waals surface area contributed by atoms with Crippen LogP contribution in [0.25, 0.3) is 0 Å². The van der Waals surface area contributed by atoms with Gasteiger partial charge in [-0.15, -0.1) is 0 Å². The zero-order chi connectivity index (χ0) is 13.9. The van der Waals surface area contributed by atoms with Gasteiger partial charge in [0.05, 0.1) is 4.90 Å². The van der Waals surface area contributed by atoms with Crippen molar-refractivity contribution >= 4 is 26.0 Å². The first-order chi connectivity index (χ1) is 8.27. The van der Waals surface area contributed by atoms with Gasteiger partial charge in [0.15, 0.2) is 0 Å². The Hall–Kier alpha value is -0.390. The predicted octanol–water partition coefficient (Wildman–Crippen LogP) is 3.00. The Labute approximate surface area is 118 Å². The second-order valence-corrected chi connectivity index (χ2v) is 7.23. The van der Waals surface area contributed by atoms with Crippen LogP contribution in [-0.4, -0.2) is 19.8 Å². The third-order valence-corrected chi connectivity index (χ3v) is 5.25. The van der Waals surface area contributed by atoms with Crippen LogP contribution >= 0.6 is 15.9 Å². The molecule has 18 heavy (non-hydrogen) atoms. The van der Waals surface area contributed by atoms with Crippen LogP contribution in [0, 0.1) is 19.8 Å². The van der Waals surface area contributed by atoms with Crippen LogP contribution in [0.5, 0.6) is 0 Å². The molecule has 1 aromatic carbocycles. The zero-order valence-electron chi connectivity index (χ0n) is 11.2. The smallest absolute Gasteiger partial charge is 0.207 e. The average molecular weight is 334 g/mol. The molecule has 0 aromatic heterocycles. The summed E-state index contributed by atoms with van der Waals surface area (Å²) in [5.74, 6) is 0.241. The number of hydrogen-bond donors (Lipinski definition) is 1. The molecule has 1 N–H and O–H groups in total. The molecule has 5 heteroatoms. The van der Waals surface area contributed by atoms with Gasteiger partial charge < -0.3 is 0 Å². The number of aryl methyl sites for hydroxylation is 2. The maximum Gasteiger partial charge on any atom is 0.240 e. The topological polar surface area (TPSA) is 46.2 Å². The van der Waals surface area contributed by atoms with Gasteiger partial charge in [-0.3, -0.25) is 0 Å². The molecule has 0 fully saturated rings. The molecule has 0 aliphatic rings. The summed E-state index contributed by atoms with van der Waals surface area (Å²) in [6.07, 6.45) is 0. The van der Waals surface area contributed by atoms with Crippen LogP contribution in [0.2, 0.25) is 0 Å². The Bertz CT molecular complexity index is 512. The Balaban J connectivity index is 3.02. The van der Waals surface area contributed by atoms with Crippen molar-refractivity contribution in [3.63, 3.8) is 0 Å². The molecule has 0 aliphatic carbocycles. The monoisotopic (exact) mass is 333 g/mol. The van der Waals surface area contributed by atoms with Gasteiger partial charge in [-0.1, -0.05) is 35.8 Å². The molecular weight excluding hydrogens is 314 g/mol. The summed E-state index contributed by atoms with van der Waals surface area (Å²) < 4.78 is 27.2. The Kier molecular flexibility index (Phi) is 5.37. The predicted molar refractivity (Wildman–Crippen MR) is 78.7 cm³/mol. The molecule has 1 atom stereocenters. The molecule has 0 saturated carbocycles. The van der Waals surface area contributed by atoms with E-state index in [1.165, 1.54) is 0 Å². The molecule has 1 rings (SSSR count). The minimum Gasteiger partial charge on any atom is -0.207 e. The van der Waals surface area contributed by atoms with E-state index < -0.39 is 10.0 Å². The molecule has 1 aromatic rings. The van der Waals surface area contributed by atoms with Gasteiger partial charge >= 0.3 is 0 Å². The number of sulfonamides is 1. The lowest BCUT2D eigenvalue weighted by molar-refractivity contribution is 0.484. The van der Waals surface area contributed by atoms with Crippen LogP contribution < -0.4 is 4.72 Å². The fourth-order valence-corrected chi connectivity index (χ4v) is 4.09. The Morgan fingerprint density at radius 1 is 1.22 bits per heavy atom. The second-order valence-electron chi connectivity index (χ2n) is 4.87. The van der Waals surface area contributed by atoms with Crippen molar-refractivity contribution in [2.45, 2.75) is 38.6 Å². The molecule has 3 nitrogen and oxygen atoms in total. The summed E-state index contributed by atoms with van der Waals surface area (Å²) in [6, 6.07) is 5.10. The minimum atomic E-state index is -3.44. The second kappa shape index (κ2) is 6.17. The van der Waals surface area contributed by atoms with E-state index in [4.69, 9.17) is 0 Å². The van der Waals surface area contributed by atoms with E-state index in [2.05, 4.69) is 20.7 Å². The highest BCUT2D eigenvalue weighted by Crippen LogP contribution is 2.16. The molecule has 0 aliphatic heterocycles. The quantitative estimate of drug-likeness (QED) is 0.842. The van der Waals surface area contributed by atoms with Crippen LogP contribution in [0.4, 0.5) is 0 Å². The molecule has 0 bridgehead atoms. The van der Waals surface area contributed by atoms with Gasteiger partial charge in [0.1, 0.15) is 0 Å². The largest absolute Gasteiger partial charge is 0.240 e. The summed E-state index contributed by atoms with van der Waals surface area (Å²) in [4.78, 5) is 0.331. The van der Waals surface area contributed by atoms with Crippen molar-refractivity contribution in [2.75, 3.05) is 5.33 Å². The highest BCUT2D eigenvalue weighted by molar-refractivity contribution is 9.09. The van der Waals surface area contributed by atoms with Gasteiger partial charge in [0.2, 0.25) is 10.0 Å². The number of nitrogens with one attached hydrogen (secondary N) is 1. The Morgan fingerprint density at radius 3 is 2.28 bits per heavy atom. The van der Waals surface area contributed by atoms with E-state index in [1.54, 1.807) is 12.1 Å². The first-order valence-corrected chi connectivity index (χ1v) is 8.54. The molecule has 0 radical (unpaired) electrons. The molecule has 0 spiro atoms. The number of benzene rings is 1. The highest BCUT2D eigenvalue weighted by Gasteiger charge is 2.21. The number of hydrogen-bond acceptors (Lipinski definition) is 2. The van der Waals surface area contributed by atoms with E-state index in [9.17, 15) is 8.42 Å². The summed E-state index contributed by atoms with van der Waals surface area (Å²) in [5, 5.41) is 0.606. The number of rotatable bonds is 5. The van der Waals surface area contributed by atoms with Gasteiger partial charge in [0.25, 0.3) is 0 Å². The maximum atomic E-state index is 12.2. The van der Waals surface area contributed by atoms with Gasteiger partial charge in [0, 0.05) is 11.4 Å². The molecule has 0 amide bonds. The lowest BCUT2D eigenvalue weighted by Crippen LogP contribution is -2.39. The number of halogens is 1.